The number of hydrogen-bond donors (Lipinski definition) is 2. The summed E-state index contributed by atoms with van der Waals surface area (Å²) in [4.78, 5) is 15.4. The maximum absolute atomic E-state index is 12.4. The van der Waals surface area contributed by atoms with E-state index in [2.05, 4.69) is 4.98 Å². The van der Waals surface area contributed by atoms with Gasteiger partial charge in [0.1, 0.15) is 5.75 Å². The topological polar surface area (TPSA) is 62.3 Å². The second-order valence-electron chi connectivity index (χ2n) is 4.43. The van der Waals surface area contributed by atoms with E-state index < -0.39 is 5.43 Å². The molecule has 0 atom stereocenters. The Kier molecular flexibility index (Phi) is 2.91. The lowest BCUT2D eigenvalue weighted by molar-refractivity contribution is 0.418. The number of fused-ring (bicyclic) bond motifs is 1. The number of aromatic nitrogens is 1. The highest BCUT2D eigenvalue weighted by molar-refractivity contribution is 5.89. The molecule has 0 aliphatic heterocycles. The van der Waals surface area contributed by atoms with Crippen LogP contribution in [0.1, 0.15) is 0 Å². The second-order valence-corrected chi connectivity index (χ2v) is 4.43. The molecule has 2 N–H and O–H groups in total. The molecule has 0 saturated carbocycles. The van der Waals surface area contributed by atoms with Crippen molar-refractivity contribution in [3.05, 3.63) is 58.8 Å². The Morgan fingerprint density at radius 3 is 2.50 bits per heavy atom. The molecule has 0 fully saturated rings. The number of aromatic hydroxyl groups is 1. The van der Waals surface area contributed by atoms with E-state index in [-0.39, 0.29) is 5.75 Å². The van der Waals surface area contributed by atoms with E-state index in [9.17, 15) is 9.90 Å². The Labute approximate surface area is 115 Å². The molecule has 100 valence electrons. The number of rotatable bonds is 2. The van der Waals surface area contributed by atoms with Crippen LogP contribution >= 0.6 is 0 Å². The van der Waals surface area contributed by atoms with Gasteiger partial charge in [0.25, 0.3) is 0 Å². The van der Waals surface area contributed by atoms with Gasteiger partial charge in [0.2, 0.25) is 5.43 Å². The van der Waals surface area contributed by atoms with E-state index >= 15 is 0 Å². The Balaban J connectivity index is 2.38. The van der Waals surface area contributed by atoms with Crippen LogP contribution in [0.2, 0.25) is 0 Å². The highest BCUT2D eigenvalue weighted by Gasteiger charge is 2.15. The third kappa shape index (κ3) is 1.82. The first-order valence-electron chi connectivity index (χ1n) is 6.19. The molecule has 0 amide bonds. The van der Waals surface area contributed by atoms with Crippen LogP contribution in [0.25, 0.3) is 22.2 Å². The van der Waals surface area contributed by atoms with Crippen LogP contribution in [-0.2, 0) is 0 Å². The zero-order chi connectivity index (χ0) is 14.1. The molecule has 4 heteroatoms. The Morgan fingerprint density at radius 1 is 1.05 bits per heavy atom. The van der Waals surface area contributed by atoms with Gasteiger partial charge in [-0.2, -0.15) is 0 Å². The predicted octanol–water partition coefficient (Wildman–Crippen LogP) is 2.91. The summed E-state index contributed by atoms with van der Waals surface area (Å²) in [5.74, 6) is 0.145. The van der Waals surface area contributed by atoms with Crippen molar-refractivity contribution in [2.45, 2.75) is 0 Å². The van der Waals surface area contributed by atoms with Crippen molar-refractivity contribution in [1.29, 1.82) is 0 Å². The van der Waals surface area contributed by atoms with Crippen LogP contribution in [0, 0.1) is 0 Å². The van der Waals surface area contributed by atoms with Gasteiger partial charge in [0.05, 0.1) is 23.7 Å². The van der Waals surface area contributed by atoms with E-state index in [1.165, 1.54) is 7.11 Å². The van der Waals surface area contributed by atoms with Crippen molar-refractivity contribution < 1.29 is 9.84 Å². The molecule has 0 bridgehead atoms. The maximum Gasteiger partial charge on any atom is 0.235 e. The summed E-state index contributed by atoms with van der Waals surface area (Å²) in [5, 5.41) is 10.5. The summed E-state index contributed by atoms with van der Waals surface area (Å²) in [5.41, 5.74) is 1.37. The lowest BCUT2D eigenvalue weighted by Gasteiger charge is -2.09. The average Bonchev–Trinajstić information content (AvgIpc) is 2.51. The summed E-state index contributed by atoms with van der Waals surface area (Å²) in [6.45, 7) is 0. The number of nitrogens with one attached hydrogen (secondary N) is 1. The summed E-state index contributed by atoms with van der Waals surface area (Å²) in [6.07, 6.45) is 0. The standard InChI is InChI=1S/C16H13NO3/c1-20-12-9-5-8-11-13(12)15(18)16(19)14(17-11)10-6-3-2-4-7-10/h2-9,19H,1H3,(H,17,18). The number of methoxy groups -OCH3 is 1. The fraction of sp³-hybridized carbons (Fsp3) is 0.0625. The average molecular weight is 267 g/mol. The van der Waals surface area contributed by atoms with E-state index in [1.54, 1.807) is 18.2 Å². The van der Waals surface area contributed by atoms with E-state index in [1.807, 2.05) is 30.3 Å². The van der Waals surface area contributed by atoms with Gasteiger partial charge in [-0.3, -0.25) is 4.79 Å². The zero-order valence-electron chi connectivity index (χ0n) is 10.9. The molecule has 3 rings (SSSR count). The minimum absolute atomic E-state index is 0.298. The lowest BCUT2D eigenvalue weighted by atomic mass is 10.1. The largest absolute Gasteiger partial charge is 0.503 e. The van der Waals surface area contributed by atoms with Crippen LogP contribution < -0.4 is 10.2 Å². The summed E-state index contributed by atoms with van der Waals surface area (Å²) in [7, 11) is 1.50. The molecule has 1 aromatic heterocycles. The van der Waals surface area contributed by atoms with Crippen molar-refractivity contribution in [3.63, 3.8) is 0 Å². The van der Waals surface area contributed by atoms with Crippen molar-refractivity contribution in [2.24, 2.45) is 0 Å². The molecular formula is C16H13NO3. The fourth-order valence-corrected chi connectivity index (χ4v) is 2.28. The third-order valence-corrected chi connectivity index (χ3v) is 3.25. The van der Waals surface area contributed by atoms with Crippen molar-refractivity contribution in [1.82, 2.24) is 4.98 Å². The molecular weight excluding hydrogens is 254 g/mol. The highest BCUT2D eigenvalue weighted by Crippen LogP contribution is 2.29. The van der Waals surface area contributed by atoms with Gasteiger partial charge in [-0.25, -0.2) is 0 Å². The summed E-state index contributed by atoms with van der Waals surface area (Å²) in [6, 6.07) is 14.5. The highest BCUT2D eigenvalue weighted by atomic mass is 16.5. The lowest BCUT2D eigenvalue weighted by Crippen LogP contribution is -2.06. The quantitative estimate of drug-likeness (QED) is 0.750. The second kappa shape index (κ2) is 4.74. The molecule has 3 aromatic rings. The number of benzene rings is 2. The van der Waals surface area contributed by atoms with E-state index in [0.29, 0.717) is 22.3 Å². The Morgan fingerprint density at radius 2 is 1.80 bits per heavy atom. The molecule has 0 saturated heterocycles. The van der Waals surface area contributed by atoms with Crippen LogP contribution in [0.5, 0.6) is 11.5 Å². The maximum atomic E-state index is 12.4. The van der Waals surface area contributed by atoms with Crippen LogP contribution in [0.4, 0.5) is 0 Å². The van der Waals surface area contributed by atoms with Crippen LogP contribution in [-0.4, -0.2) is 17.2 Å². The first-order valence-corrected chi connectivity index (χ1v) is 6.19. The monoisotopic (exact) mass is 267 g/mol. The minimum atomic E-state index is -0.435. The van der Waals surface area contributed by atoms with Crippen LogP contribution in [0.3, 0.4) is 0 Å². The first kappa shape index (κ1) is 12.3. The van der Waals surface area contributed by atoms with Gasteiger partial charge in [-0.05, 0) is 12.1 Å². The molecule has 0 aliphatic rings. The molecule has 0 unspecified atom stereocenters. The van der Waals surface area contributed by atoms with Gasteiger partial charge in [-0.1, -0.05) is 36.4 Å². The molecule has 4 nitrogen and oxygen atoms in total. The SMILES string of the molecule is COc1cccc2[nH]c(-c3ccccc3)c(O)c(=O)c12. The van der Waals surface area contributed by atoms with E-state index in [0.717, 1.165) is 5.56 Å². The van der Waals surface area contributed by atoms with Crippen LogP contribution in [0.15, 0.2) is 53.3 Å². The number of H-pyrrole nitrogens is 1. The molecule has 0 aliphatic carbocycles. The van der Waals surface area contributed by atoms with Crippen molar-refractivity contribution in [3.8, 4) is 22.8 Å². The first-order chi connectivity index (χ1) is 9.72. The number of ether oxygens (including phenoxy) is 1. The Bertz CT molecular complexity index is 822. The summed E-state index contributed by atoms with van der Waals surface area (Å²) >= 11 is 0. The molecule has 1 heterocycles. The molecule has 0 spiro atoms. The van der Waals surface area contributed by atoms with Gasteiger partial charge in [0.15, 0.2) is 5.75 Å². The van der Waals surface area contributed by atoms with Gasteiger partial charge < -0.3 is 14.8 Å². The predicted molar refractivity (Wildman–Crippen MR) is 78.2 cm³/mol. The van der Waals surface area contributed by atoms with Gasteiger partial charge in [-0.15, -0.1) is 0 Å². The normalized spacial score (nSPS) is 10.7. The van der Waals surface area contributed by atoms with Crippen molar-refractivity contribution in [2.75, 3.05) is 7.11 Å². The molecule has 2 aromatic carbocycles. The van der Waals surface area contributed by atoms with Gasteiger partial charge >= 0.3 is 0 Å². The minimum Gasteiger partial charge on any atom is -0.503 e. The Hall–Kier alpha value is -2.75. The van der Waals surface area contributed by atoms with Crippen molar-refractivity contribution >= 4 is 10.9 Å². The molecule has 20 heavy (non-hydrogen) atoms. The number of hydrogen-bond acceptors (Lipinski definition) is 3. The zero-order valence-corrected chi connectivity index (χ0v) is 10.9. The van der Waals surface area contributed by atoms with E-state index in [4.69, 9.17) is 4.74 Å². The number of pyridine rings is 1. The smallest absolute Gasteiger partial charge is 0.235 e. The number of aromatic amines is 1. The third-order valence-electron chi connectivity index (χ3n) is 3.25. The molecule has 0 radical (unpaired) electrons. The van der Waals surface area contributed by atoms with Gasteiger partial charge in [0, 0.05) is 5.56 Å². The summed E-state index contributed by atoms with van der Waals surface area (Å²) < 4.78 is 5.18. The fourth-order valence-electron chi connectivity index (χ4n) is 2.28.